The van der Waals surface area contributed by atoms with Crippen molar-refractivity contribution in [2.45, 2.75) is 0 Å². The fourth-order valence-corrected chi connectivity index (χ4v) is 2.61. The highest BCUT2D eigenvalue weighted by atomic mass is 79.9. The van der Waals surface area contributed by atoms with Crippen molar-refractivity contribution >= 4 is 33.2 Å². The number of fused-ring (bicyclic) bond motifs is 1. The zero-order valence-electron chi connectivity index (χ0n) is 9.51. The van der Waals surface area contributed by atoms with Crippen LogP contribution in [0.3, 0.4) is 0 Å². The normalized spacial score (nSPS) is 10.6. The van der Waals surface area contributed by atoms with Gasteiger partial charge in [-0.1, -0.05) is 27.5 Å². The molecule has 2 aromatic heterocycles. The van der Waals surface area contributed by atoms with Crippen LogP contribution in [0.4, 0.5) is 0 Å². The number of halogens is 2. The second-order valence-electron chi connectivity index (χ2n) is 3.93. The topological polar surface area (TPSA) is 54.0 Å². The largest absolute Gasteiger partial charge is 0.219 e. The average Bonchev–Trinajstić information content (AvgIpc) is 2.80. The first-order chi connectivity index (χ1) is 9.15. The monoisotopic (exact) mass is 332 g/mol. The van der Waals surface area contributed by atoms with E-state index in [1.54, 1.807) is 35.0 Å². The number of pyridine rings is 1. The Bertz CT molecular complexity index is 799. The van der Waals surface area contributed by atoms with Gasteiger partial charge in [-0.2, -0.15) is 5.26 Å². The second kappa shape index (κ2) is 4.65. The Labute approximate surface area is 122 Å². The highest BCUT2D eigenvalue weighted by Gasteiger charge is 2.08. The third-order valence-corrected chi connectivity index (χ3v) is 3.26. The summed E-state index contributed by atoms with van der Waals surface area (Å²) in [6.45, 7) is 0. The van der Waals surface area contributed by atoms with E-state index in [9.17, 15) is 0 Å². The quantitative estimate of drug-likeness (QED) is 0.682. The van der Waals surface area contributed by atoms with Crippen LogP contribution in [-0.2, 0) is 0 Å². The molecule has 2 heterocycles. The van der Waals surface area contributed by atoms with Crippen molar-refractivity contribution in [3.63, 3.8) is 0 Å². The molecule has 3 aromatic rings. The van der Waals surface area contributed by atoms with Gasteiger partial charge in [-0.25, -0.2) is 9.50 Å². The number of hydrogen-bond acceptors (Lipinski definition) is 3. The molecule has 0 radical (unpaired) electrons. The van der Waals surface area contributed by atoms with Crippen LogP contribution >= 0.6 is 27.5 Å². The number of benzene rings is 1. The summed E-state index contributed by atoms with van der Waals surface area (Å²) in [6, 6.07) is 11.0. The van der Waals surface area contributed by atoms with E-state index in [0.29, 0.717) is 22.1 Å². The van der Waals surface area contributed by atoms with Crippen LogP contribution in [0.25, 0.3) is 17.0 Å². The number of aromatic nitrogens is 3. The lowest BCUT2D eigenvalue weighted by Gasteiger charge is -1.97. The van der Waals surface area contributed by atoms with Crippen molar-refractivity contribution < 1.29 is 0 Å². The Morgan fingerprint density at radius 3 is 2.84 bits per heavy atom. The molecule has 0 N–H and O–H groups in total. The van der Waals surface area contributed by atoms with E-state index >= 15 is 0 Å². The van der Waals surface area contributed by atoms with Crippen molar-refractivity contribution in [3.05, 3.63) is 51.6 Å². The Kier molecular flexibility index (Phi) is 2.97. The lowest BCUT2D eigenvalue weighted by Crippen LogP contribution is -1.88. The number of nitrogens with zero attached hydrogens (tertiary/aromatic N) is 4. The third kappa shape index (κ3) is 2.33. The van der Waals surface area contributed by atoms with E-state index < -0.39 is 0 Å². The van der Waals surface area contributed by atoms with E-state index in [2.05, 4.69) is 32.1 Å². The zero-order chi connectivity index (χ0) is 13.4. The maximum absolute atomic E-state index is 8.86. The maximum Gasteiger partial charge on any atom is 0.182 e. The van der Waals surface area contributed by atoms with Crippen molar-refractivity contribution in [1.29, 1.82) is 5.26 Å². The molecule has 0 aliphatic carbocycles. The summed E-state index contributed by atoms with van der Waals surface area (Å²) in [5, 5.41) is 13.8. The number of hydrogen-bond donors (Lipinski definition) is 0. The molecule has 6 heteroatoms. The van der Waals surface area contributed by atoms with Crippen LogP contribution in [-0.4, -0.2) is 14.6 Å². The molecule has 0 aliphatic heterocycles. The molecular weight excluding hydrogens is 328 g/mol. The van der Waals surface area contributed by atoms with Crippen LogP contribution in [0.5, 0.6) is 0 Å². The Balaban J connectivity index is 2.18. The van der Waals surface area contributed by atoms with Gasteiger partial charge >= 0.3 is 0 Å². The zero-order valence-corrected chi connectivity index (χ0v) is 11.9. The van der Waals surface area contributed by atoms with Gasteiger partial charge in [0.2, 0.25) is 0 Å². The summed E-state index contributed by atoms with van der Waals surface area (Å²) in [5.41, 5.74) is 2.04. The highest BCUT2D eigenvalue weighted by Crippen LogP contribution is 2.25. The predicted molar refractivity (Wildman–Crippen MR) is 75.8 cm³/mol. The Morgan fingerprint density at radius 1 is 1.26 bits per heavy atom. The fourth-order valence-electron chi connectivity index (χ4n) is 1.75. The molecular formula is C13H6BrClN4. The van der Waals surface area contributed by atoms with E-state index in [-0.39, 0.29) is 0 Å². The summed E-state index contributed by atoms with van der Waals surface area (Å²) in [7, 11) is 0. The fraction of sp³-hybridized carbons (Fsp3) is 0. The lowest BCUT2D eigenvalue weighted by molar-refractivity contribution is 0.962. The predicted octanol–water partition coefficient (Wildman–Crippen LogP) is 3.68. The first kappa shape index (κ1) is 12.2. The molecule has 4 nitrogen and oxygen atoms in total. The van der Waals surface area contributed by atoms with Crippen molar-refractivity contribution in [3.8, 4) is 17.5 Å². The molecule has 92 valence electrons. The van der Waals surface area contributed by atoms with Gasteiger partial charge in [-0.3, -0.25) is 0 Å². The van der Waals surface area contributed by atoms with Crippen LogP contribution in [0, 0.1) is 11.3 Å². The van der Waals surface area contributed by atoms with Gasteiger partial charge in [-0.15, -0.1) is 5.10 Å². The minimum Gasteiger partial charge on any atom is -0.219 e. The molecule has 0 spiro atoms. The van der Waals surface area contributed by atoms with E-state index in [0.717, 1.165) is 10.0 Å². The summed E-state index contributed by atoms with van der Waals surface area (Å²) >= 11 is 9.40. The van der Waals surface area contributed by atoms with Crippen LogP contribution in [0.1, 0.15) is 5.56 Å². The van der Waals surface area contributed by atoms with Crippen molar-refractivity contribution in [1.82, 2.24) is 14.6 Å². The molecule has 0 amide bonds. The van der Waals surface area contributed by atoms with Gasteiger partial charge in [0.05, 0.1) is 5.56 Å². The molecule has 0 aliphatic rings. The second-order valence-corrected chi connectivity index (χ2v) is 5.28. The van der Waals surface area contributed by atoms with Gasteiger partial charge in [0.15, 0.2) is 11.5 Å². The molecule has 0 saturated heterocycles. The summed E-state index contributed by atoms with van der Waals surface area (Å²) in [4.78, 5) is 4.40. The first-order valence-electron chi connectivity index (χ1n) is 5.39. The molecule has 19 heavy (non-hydrogen) atoms. The van der Waals surface area contributed by atoms with Crippen LogP contribution in [0.2, 0.25) is 5.02 Å². The standard InChI is InChI=1S/C13H6BrClN4/c14-10-3-9(4-11(15)5-10)13-17-12-2-1-8(6-16)7-19(12)18-13/h1-5,7H. The average molecular weight is 334 g/mol. The van der Waals surface area contributed by atoms with E-state index in [1.165, 1.54) is 0 Å². The number of nitriles is 1. The Morgan fingerprint density at radius 2 is 2.11 bits per heavy atom. The van der Waals surface area contributed by atoms with Crippen molar-refractivity contribution in [2.75, 3.05) is 0 Å². The molecule has 1 aromatic carbocycles. The molecule has 0 unspecified atom stereocenters. The highest BCUT2D eigenvalue weighted by molar-refractivity contribution is 9.10. The van der Waals surface area contributed by atoms with Gasteiger partial charge in [0.1, 0.15) is 6.07 Å². The Hall–Kier alpha value is -1.90. The molecule has 0 bridgehead atoms. The lowest BCUT2D eigenvalue weighted by atomic mass is 10.2. The summed E-state index contributed by atoms with van der Waals surface area (Å²) < 4.78 is 2.45. The van der Waals surface area contributed by atoms with E-state index in [1.807, 2.05) is 6.07 Å². The van der Waals surface area contributed by atoms with E-state index in [4.69, 9.17) is 16.9 Å². The molecule has 0 saturated carbocycles. The molecule has 0 fully saturated rings. The number of rotatable bonds is 1. The summed E-state index contributed by atoms with van der Waals surface area (Å²) in [6.07, 6.45) is 1.64. The molecule has 0 atom stereocenters. The van der Waals surface area contributed by atoms with Gasteiger partial charge in [0.25, 0.3) is 0 Å². The summed E-state index contributed by atoms with van der Waals surface area (Å²) in [5.74, 6) is 0.568. The smallest absolute Gasteiger partial charge is 0.182 e. The third-order valence-electron chi connectivity index (χ3n) is 2.58. The maximum atomic E-state index is 8.86. The van der Waals surface area contributed by atoms with Crippen LogP contribution in [0.15, 0.2) is 41.0 Å². The molecule has 3 rings (SSSR count). The minimum atomic E-state index is 0.538. The first-order valence-corrected chi connectivity index (χ1v) is 6.56. The van der Waals surface area contributed by atoms with Gasteiger partial charge in [0, 0.05) is 21.3 Å². The minimum absolute atomic E-state index is 0.538. The van der Waals surface area contributed by atoms with Gasteiger partial charge < -0.3 is 0 Å². The van der Waals surface area contributed by atoms with Crippen molar-refractivity contribution in [2.24, 2.45) is 0 Å². The van der Waals surface area contributed by atoms with Gasteiger partial charge in [-0.05, 0) is 30.3 Å². The SMILES string of the molecule is N#Cc1ccc2nc(-c3cc(Cl)cc(Br)c3)nn2c1. The van der Waals surface area contributed by atoms with Crippen LogP contribution < -0.4 is 0 Å².